The lowest BCUT2D eigenvalue weighted by molar-refractivity contribution is -0.117. The van der Waals surface area contributed by atoms with Crippen LogP contribution in [0, 0.1) is 6.92 Å². The molecule has 4 heteroatoms. The van der Waals surface area contributed by atoms with Crippen molar-refractivity contribution < 1.29 is 4.79 Å². The molecule has 0 spiro atoms. The van der Waals surface area contributed by atoms with E-state index >= 15 is 0 Å². The van der Waals surface area contributed by atoms with Gasteiger partial charge in [-0.3, -0.25) is 4.79 Å². The molecule has 0 radical (unpaired) electrons. The summed E-state index contributed by atoms with van der Waals surface area (Å²) in [6, 6.07) is 3.77. The molecular weight excluding hydrogens is 212 g/mol. The van der Waals surface area contributed by atoms with Crippen LogP contribution in [-0.4, -0.2) is 19.0 Å². The summed E-state index contributed by atoms with van der Waals surface area (Å²) in [5.74, 6) is 0.0929. The lowest BCUT2D eigenvalue weighted by Gasteiger charge is -2.31. The van der Waals surface area contributed by atoms with Crippen LogP contribution >= 0.6 is 11.6 Å². The van der Waals surface area contributed by atoms with Crippen molar-refractivity contribution in [1.29, 1.82) is 0 Å². The van der Waals surface area contributed by atoms with E-state index in [-0.39, 0.29) is 5.91 Å². The van der Waals surface area contributed by atoms with Gasteiger partial charge in [-0.2, -0.15) is 0 Å². The molecule has 1 amide bonds. The van der Waals surface area contributed by atoms with E-state index in [1.165, 1.54) is 0 Å². The topological polar surface area (TPSA) is 32.3 Å². The Hall–Kier alpha value is -1.22. The minimum atomic E-state index is 0.0929. The second-order valence-electron chi connectivity index (χ2n) is 3.56. The molecule has 0 fully saturated rings. The number of hydrogen-bond donors (Lipinski definition) is 1. The molecule has 1 heterocycles. The molecule has 1 aromatic carbocycles. The maximum atomic E-state index is 11.7. The molecule has 0 aliphatic carbocycles. The number of likely N-dealkylation sites (N-methyl/N-ethyl adjacent to an activating group) is 1. The molecule has 0 bridgehead atoms. The van der Waals surface area contributed by atoms with E-state index in [2.05, 4.69) is 5.32 Å². The number of amides is 1. The molecule has 1 aliphatic rings. The van der Waals surface area contributed by atoms with Gasteiger partial charge < -0.3 is 10.2 Å². The summed E-state index contributed by atoms with van der Waals surface area (Å²) in [6.45, 7) is 4.94. The average Bonchev–Trinajstić information content (AvgIpc) is 2.24. The van der Waals surface area contributed by atoms with Crippen molar-refractivity contribution in [1.82, 2.24) is 0 Å². The first kappa shape index (κ1) is 10.3. The maximum absolute atomic E-state index is 11.7. The Bertz CT molecular complexity index is 417. The van der Waals surface area contributed by atoms with Crippen LogP contribution in [0.1, 0.15) is 12.5 Å². The molecule has 80 valence electrons. The van der Waals surface area contributed by atoms with Gasteiger partial charge >= 0.3 is 0 Å². The predicted octanol–water partition coefficient (Wildman–Crippen LogP) is 2.43. The normalized spacial score (nSPS) is 14.9. The monoisotopic (exact) mass is 224 g/mol. The van der Waals surface area contributed by atoms with Crippen LogP contribution in [-0.2, 0) is 4.79 Å². The van der Waals surface area contributed by atoms with Gasteiger partial charge in [-0.05, 0) is 31.5 Å². The highest BCUT2D eigenvalue weighted by atomic mass is 35.5. The Morgan fingerprint density at radius 2 is 2.27 bits per heavy atom. The van der Waals surface area contributed by atoms with E-state index in [0.29, 0.717) is 18.1 Å². The first-order chi connectivity index (χ1) is 7.15. The molecule has 3 nitrogen and oxygen atoms in total. The number of nitrogens with zero attached hydrogens (tertiary/aromatic N) is 1. The maximum Gasteiger partial charge on any atom is 0.246 e. The SMILES string of the molecule is CCN1C(=O)CNc2ccc(Cl)c(C)c21. The van der Waals surface area contributed by atoms with Gasteiger partial charge in [0.1, 0.15) is 0 Å². The molecule has 0 saturated carbocycles. The van der Waals surface area contributed by atoms with Crippen LogP contribution in [0.4, 0.5) is 11.4 Å². The molecule has 1 aromatic rings. The molecule has 1 N–H and O–H groups in total. The molecule has 0 saturated heterocycles. The van der Waals surface area contributed by atoms with E-state index in [9.17, 15) is 4.79 Å². The van der Waals surface area contributed by atoms with Gasteiger partial charge in [0.15, 0.2) is 0 Å². The molecule has 0 unspecified atom stereocenters. The van der Waals surface area contributed by atoms with Gasteiger partial charge in [-0.15, -0.1) is 0 Å². The number of benzene rings is 1. The lowest BCUT2D eigenvalue weighted by atomic mass is 10.1. The third-order valence-corrected chi connectivity index (χ3v) is 3.09. The van der Waals surface area contributed by atoms with Crippen LogP contribution in [0.5, 0.6) is 0 Å². The van der Waals surface area contributed by atoms with Crippen molar-refractivity contribution in [2.75, 3.05) is 23.3 Å². The largest absolute Gasteiger partial charge is 0.374 e. The Morgan fingerprint density at radius 1 is 1.53 bits per heavy atom. The summed E-state index contributed by atoms with van der Waals surface area (Å²) >= 11 is 6.05. The van der Waals surface area contributed by atoms with Crippen LogP contribution in [0.25, 0.3) is 0 Å². The zero-order chi connectivity index (χ0) is 11.0. The molecule has 0 atom stereocenters. The van der Waals surface area contributed by atoms with E-state index in [0.717, 1.165) is 16.9 Å². The van der Waals surface area contributed by atoms with Crippen molar-refractivity contribution in [2.24, 2.45) is 0 Å². The average molecular weight is 225 g/mol. The Balaban J connectivity index is 2.60. The second kappa shape index (κ2) is 3.74. The minimum Gasteiger partial charge on any atom is -0.374 e. The Morgan fingerprint density at radius 3 is 2.93 bits per heavy atom. The van der Waals surface area contributed by atoms with E-state index in [1.54, 1.807) is 4.90 Å². The first-order valence-electron chi connectivity index (χ1n) is 4.98. The third kappa shape index (κ3) is 1.57. The Kier molecular flexibility index (Phi) is 2.57. The summed E-state index contributed by atoms with van der Waals surface area (Å²) < 4.78 is 0. The highest BCUT2D eigenvalue weighted by Crippen LogP contribution is 2.36. The smallest absolute Gasteiger partial charge is 0.246 e. The minimum absolute atomic E-state index is 0.0929. The fourth-order valence-corrected chi connectivity index (χ4v) is 2.04. The van der Waals surface area contributed by atoms with Gasteiger partial charge in [0.05, 0.1) is 17.9 Å². The number of carbonyl (C=O) groups excluding carboxylic acids is 1. The van der Waals surface area contributed by atoms with Gasteiger partial charge in [-0.25, -0.2) is 0 Å². The zero-order valence-corrected chi connectivity index (χ0v) is 9.56. The molecule has 2 rings (SSSR count). The van der Waals surface area contributed by atoms with Gasteiger partial charge in [-0.1, -0.05) is 11.6 Å². The van der Waals surface area contributed by atoms with Gasteiger partial charge in [0.25, 0.3) is 0 Å². The van der Waals surface area contributed by atoms with Gasteiger partial charge in [0, 0.05) is 11.6 Å². The number of anilines is 2. The number of hydrogen-bond acceptors (Lipinski definition) is 2. The van der Waals surface area contributed by atoms with Gasteiger partial charge in [0.2, 0.25) is 5.91 Å². The van der Waals surface area contributed by atoms with Crippen LogP contribution in [0.3, 0.4) is 0 Å². The standard InChI is InChI=1S/C11H13ClN2O/c1-3-14-10(15)6-13-9-5-4-8(12)7(2)11(9)14/h4-5,13H,3,6H2,1-2H3. The number of rotatable bonds is 1. The quantitative estimate of drug-likeness (QED) is 0.795. The highest BCUT2D eigenvalue weighted by molar-refractivity contribution is 6.32. The number of fused-ring (bicyclic) bond motifs is 1. The molecule has 1 aliphatic heterocycles. The third-order valence-electron chi connectivity index (χ3n) is 2.68. The summed E-state index contributed by atoms with van der Waals surface area (Å²) in [6.07, 6.45) is 0. The van der Waals surface area contributed by atoms with Crippen molar-refractivity contribution in [2.45, 2.75) is 13.8 Å². The van der Waals surface area contributed by atoms with Crippen LogP contribution in [0.2, 0.25) is 5.02 Å². The fraction of sp³-hybridized carbons (Fsp3) is 0.364. The highest BCUT2D eigenvalue weighted by Gasteiger charge is 2.24. The zero-order valence-electron chi connectivity index (χ0n) is 8.80. The number of halogens is 1. The second-order valence-corrected chi connectivity index (χ2v) is 3.97. The molecule has 0 aromatic heterocycles. The van der Waals surface area contributed by atoms with E-state index < -0.39 is 0 Å². The Labute approximate surface area is 94.0 Å². The fourth-order valence-electron chi connectivity index (χ4n) is 1.89. The lowest BCUT2D eigenvalue weighted by Crippen LogP contribution is -2.40. The van der Waals surface area contributed by atoms with E-state index in [1.807, 2.05) is 26.0 Å². The summed E-state index contributed by atoms with van der Waals surface area (Å²) in [4.78, 5) is 13.4. The molecule has 15 heavy (non-hydrogen) atoms. The van der Waals surface area contributed by atoms with Crippen LogP contribution in [0.15, 0.2) is 12.1 Å². The summed E-state index contributed by atoms with van der Waals surface area (Å²) in [5, 5.41) is 3.79. The number of nitrogens with one attached hydrogen (secondary N) is 1. The van der Waals surface area contributed by atoms with Crippen molar-refractivity contribution in [3.8, 4) is 0 Å². The summed E-state index contributed by atoms with van der Waals surface area (Å²) in [7, 11) is 0. The predicted molar refractivity (Wildman–Crippen MR) is 62.7 cm³/mol. The van der Waals surface area contributed by atoms with Crippen molar-refractivity contribution >= 4 is 28.9 Å². The number of carbonyl (C=O) groups is 1. The first-order valence-corrected chi connectivity index (χ1v) is 5.36. The van der Waals surface area contributed by atoms with Crippen molar-refractivity contribution in [3.63, 3.8) is 0 Å². The van der Waals surface area contributed by atoms with E-state index in [4.69, 9.17) is 11.6 Å². The van der Waals surface area contributed by atoms with Crippen molar-refractivity contribution in [3.05, 3.63) is 22.7 Å². The summed E-state index contributed by atoms with van der Waals surface area (Å²) in [5.41, 5.74) is 2.86. The molecular formula is C11H13ClN2O. The van der Waals surface area contributed by atoms with Crippen LogP contribution < -0.4 is 10.2 Å².